The quantitative estimate of drug-likeness (QED) is 0.770. The third-order valence-corrected chi connectivity index (χ3v) is 2.86. The fourth-order valence-electron chi connectivity index (χ4n) is 1.81. The minimum atomic E-state index is -3.07. The number of aromatic nitrogens is 1. The SMILES string of the molecule is NCC(F)(F)CNc1c(C(N)=O)cnc2ccccc12. The van der Waals surface area contributed by atoms with Crippen molar-refractivity contribution >= 4 is 22.5 Å². The van der Waals surface area contributed by atoms with E-state index in [0.29, 0.717) is 10.9 Å². The molecule has 0 aliphatic heterocycles. The topological polar surface area (TPSA) is 94.0 Å². The number of nitrogens with one attached hydrogen (secondary N) is 1. The van der Waals surface area contributed by atoms with Crippen molar-refractivity contribution in [3.8, 4) is 0 Å². The predicted octanol–water partition coefficient (Wildman–Crippen LogP) is 1.34. The first-order valence-corrected chi connectivity index (χ1v) is 5.94. The van der Waals surface area contributed by atoms with Crippen LogP contribution in [0.4, 0.5) is 14.5 Å². The maximum atomic E-state index is 13.3. The number of fused-ring (bicyclic) bond motifs is 1. The van der Waals surface area contributed by atoms with E-state index in [9.17, 15) is 13.6 Å². The number of alkyl halides is 2. The van der Waals surface area contributed by atoms with E-state index in [1.807, 2.05) is 0 Å². The number of anilines is 1. The normalized spacial score (nSPS) is 11.6. The number of benzene rings is 1. The molecule has 0 saturated heterocycles. The first kappa shape index (κ1) is 14.1. The Morgan fingerprint density at radius 3 is 2.70 bits per heavy atom. The smallest absolute Gasteiger partial charge is 0.276 e. The number of hydrogen-bond acceptors (Lipinski definition) is 4. The number of rotatable bonds is 5. The lowest BCUT2D eigenvalue weighted by Gasteiger charge is -2.18. The van der Waals surface area contributed by atoms with Gasteiger partial charge < -0.3 is 16.8 Å². The first-order chi connectivity index (χ1) is 9.44. The standard InChI is InChI=1S/C13H14F2N4O/c14-13(15,6-16)7-19-11-8-3-1-2-4-10(8)18-5-9(11)12(17)20/h1-5H,6-7,16H2,(H2,17,20)(H,18,19). The van der Waals surface area contributed by atoms with Crippen molar-refractivity contribution in [1.82, 2.24) is 4.98 Å². The van der Waals surface area contributed by atoms with Gasteiger partial charge in [0.2, 0.25) is 0 Å². The zero-order valence-electron chi connectivity index (χ0n) is 10.6. The Morgan fingerprint density at radius 1 is 1.35 bits per heavy atom. The van der Waals surface area contributed by atoms with Gasteiger partial charge in [0.25, 0.3) is 11.8 Å². The Kier molecular flexibility index (Phi) is 3.80. The van der Waals surface area contributed by atoms with Gasteiger partial charge in [-0.15, -0.1) is 0 Å². The summed E-state index contributed by atoms with van der Waals surface area (Å²) < 4.78 is 26.5. The summed E-state index contributed by atoms with van der Waals surface area (Å²) in [6, 6.07) is 6.88. The number of hydrogen-bond donors (Lipinski definition) is 3. The van der Waals surface area contributed by atoms with E-state index >= 15 is 0 Å². The van der Waals surface area contributed by atoms with Crippen LogP contribution in [0.15, 0.2) is 30.5 Å². The van der Waals surface area contributed by atoms with E-state index in [2.05, 4.69) is 10.3 Å². The molecule has 0 atom stereocenters. The van der Waals surface area contributed by atoms with Gasteiger partial charge in [-0.2, -0.15) is 0 Å². The molecular formula is C13H14F2N4O. The molecule has 5 nitrogen and oxygen atoms in total. The van der Waals surface area contributed by atoms with Crippen LogP contribution in [0.1, 0.15) is 10.4 Å². The highest BCUT2D eigenvalue weighted by molar-refractivity contribution is 6.06. The molecule has 1 aromatic heterocycles. The largest absolute Gasteiger partial charge is 0.378 e. The summed E-state index contributed by atoms with van der Waals surface area (Å²) >= 11 is 0. The molecule has 1 heterocycles. The summed E-state index contributed by atoms with van der Waals surface area (Å²) in [5.41, 5.74) is 11.1. The maximum Gasteiger partial charge on any atom is 0.276 e. The van der Waals surface area contributed by atoms with Crippen molar-refractivity contribution in [3.05, 3.63) is 36.0 Å². The van der Waals surface area contributed by atoms with Crippen molar-refractivity contribution in [2.24, 2.45) is 11.5 Å². The second kappa shape index (κ2) is 5.38. The summed E-state index contributed by atoms with van der Waals surface area (Å²) in [4.78, 5) is 15.5. The number of nitrogens with two attached hydrogens (primary N) is 2. The molecule has 0 bridgehead atoms. The van der Waals surface area contributed by atoms with Gasteiger partial charge in [0, 0.05) is 11.6 Å². The number of primary amides is 1. The number of nitrogens with zero attached hydrogens (tertiary/aromatic N) is 1. The van der Waals surface area contributed by atoms with Crippen molar-refractivity contribution in [2.45, 2.75) is 5.92 Å². The van der Waals surface area contributed by atoms with Crippen LogP contribution >= 0.6 is 0 Å². The third-order valence-electron chi connectivity index (χ3n) is 2.86. The summed E-state index contributed by atoms with van der Waals surface area (Å²) in [7, 11) is 0. The van der Waals surface area contributed by atoms with Crippen molar-refractivity contribution in [1.29, 1.82) is 0 Å². The van der Waals surface area contributed by atoms with Gasteiger partial charge >= 0.3 is 0 Å². The van der Waals surface area contributed by atoms with Crippen LogP contribution < -0.4 is 16.8 Å². The van der Waals surface area contributed by atoms with Gasteiger partial charge in [-0.1, -0.05) is 18.2 Å². The Hall–Kier alpha value is -2.28. The van der Waals surface area contributed by atoms with Gasteiger partial charge in [-0.05, 0) is 6.07 Å². The van der Waals surface area contributed by atoms with E-state index in [4.69, 9.17) is 11.5 Å². The molecule has 1 amide bonds. The lowest BCUT2D eigenvalue weighted by molar-refractivity contribution is 0.0254. The van der Waals surface area contributed by atoms with Gasteiger partial charge in [0.1, 0.15) is 0 Å². The Morgan fingerprint density at radius 2 is 2.05 bits per heavy atom. The first-order valence-electron chi connectivity index (χ1n) is 5.94. The van der Waals surface area contributed by atoms with Gasteiger partial charge in [-0.25, -0.2) is 8.78 Å². The highest BCUT2D eigenvalue weighted by atomic mass is 19.3. The van der Waals surface area contributed by atoms with Crippen molar-refractivity contribution in [2.75, 3.05) is 18.4 Å². The molecule has 7 heteroatoms. The lowest BCUT2D eigenvalue weighted by Crippen LogP contribution is -2.35. The maximum absolute atomic E-state index is 13.3. The van der Waals surface area contributed by atoms with Crippen molar-refractivity contribution < 1.29 is 13.6 Å². The molecule has 106 valence electrons. The van der Waals surface area contributed by atoms with Crippen molar-refractivity contribution in [3.63, 3.8) is 0 Å². The van der Waals surface area contributed by atoms with Gasteiger partial charge in [0.05, 0.1) is 29.9 Å². The number of para-hydroxylation sites is 1. The molecule has 0 aliphatic carbocycles. The molecule has 2 aromatic rings. The van der Waals surface area contributed by atoms with Crippen LogP contribution in [0.5, 0.6) is 0 Å². The average molecular weight is 280 g/mol. The number of amides is 1. The molecule has 2 rings (SSSR count). The summed E-state index contributed by atoms with van der Waals surface area (Å²) in [6.45, 7) is -1.47. The fourth-order valence-corrected chi connectivity index (χ4v) is 1.81. The van der Waals surface area contributed by atoms with E-state index in [-0.39, 0.29) is 11.3 Å². The number of halogens is 2. The molecule has 0 radical (unpaired) electrons. The highest BCUT2D eigenvalue weighted by Gasteiger charge is 2.27. The van der Waals surface area contributed by atoms with Crippen LogP contribution in [0, 0.1) is 0 Å². The minimum Gasteiger partial charge on any atom is -0.378 e. The molecule has 0 unspecified atom stereocenters. The van der Waals surface area contributed by atoms with E-state index in [1.165, 1.54) is 6.20 Å². The predicted molar refractivity (Wildman–Crippen MR) is 72.8 cm³/mol. The number of carbonyl (C=O) groups excluding carboxylic acids is 1. The van der Waals surface area contributed by atoms with Crippen LogP contribution in [-0.2, 0) is 0 Å². The zero-order chi connectivity index (χ0) is 14.8. The van der Waals surface area contributed by atoms with Gasteiger partial charge in [0.15, 0.2) is 0 Å². The molecule has 5 N–H and O–H groups in total. The van der Waals surface area contributed by atoms with Crippen LogP contribution in [0.25, 0.3) is 10.9 Å². The lowest BCUT2D eigenvalue weighted by atomic mass is 10.1. The summed E-state index contributed by atoms with van der Waals surface area (Å²) in [5, 5.41) is 3.11. The van der Waals surface area contributed by atoms with E-state index < -0.39 is 24.9 Å². The average Bonchev–Trinajstić information content (AvgIpc) is 2.44. The Labute approximate surface area is 114 Å². The second-order valence-electron chi connectivity index (χ2n) is 4.34. The molecular weight excluding hydrogens is 266 g/mol. The molecule has 0 fully saturated rings. The number of pyridine rings is 1. The minimum absolute atomic E-state index is 0.0662. The van der Waals surface area contributed by atoms with E-state index in [0.717, 1.165) is 0 Å². The monoisotopic (exact) mass is 280 g/mol. The summed E-state index contributed by atoms with van der Waals surface area (Å²) in [5.74, 6) is -3.80. The number of carbonyl (C=O) groups is 1. The van der Waals surface area contributed by atoms with Crippen LogP contribution in [0.3, 0.4) is 0 Å². The highest BCUT2D eigenvalue weighted by Crippen LogP contribution is 2.26. The van der Waals surface area contributed by atoms with E-state index in [1.54, 1.807) is 24.3 Å². The Balaban J connectivity index is 2.47. The second-order valence-corrected chi connectivity index (χ2v) is 4.34. The molecule has 0 saturated carbocycles. The third kappa shape index (κ3) is 2.83. The van der Waals surface area contributed by atoms with Gasteiger partial charge in [-0.3, -0.25) is 9.78 Å². The fraction of sp³-hybridized carbons (Fsp3) is 0.231. The molecule has 0 spiro atoms. The van der Waals surface area contributed by atoms with Crippen LogP contribution in [-0.4, -0.2) is 29.9 Å². The molecule has 0 aliphatic rings. The summed E-state index contributed by atoms with van der Waals surface area (Å²) in [6.07, 6.45) is 1.27. The Bertz CT molecular complexity index is 645. The molecule has 20 heavy (non-hydrogen) atoms. The van der Waals surface area contributed by atoms with Crippen LogP contribution in [0.2, 0.25) is 0 Å². The molecule has 1 aromatic carbocycles. The zero-order valence-corrected chi connectivity index (χ0v) is 10.6.